The van der Waals surface area contributed by atoms with E-state index in [0.29, 0.717) is 0 Å². The molecule has 21 heavy (non-hydrogen) atoms. The van der Waals surface area contributed by atoms with Crippen LogP contribution in [0.4, 0.5) is 5.69 Å². The standard InChI is InChI=1S/C12H8ClN3O5/c13-6-1-5(11(19)20)2-7(3-6)15-9(17)8-4-14-12(21)16-10(8)18/h1-4H,(H,15,17)(H,19,20)(H2,14,16,18,21). The zero-order valence-electron chi connectivity index (χ0n) is 10.3. The minimum atomic E-state index is -1.21. The molecule has 0 aliphatic heterocycles. The molecular formula is C12H8ClN3O5. The number of carbonyl (C=O) groups is 2. The molecule has 0 aliphatic rings. The van der Waals surface area contributed by atoms with Crippen LogP contribution in [0.25, 0.3) is 0 Å². The summed E-state index contributed by atoms with van der Waals surface area (Å²) in [4.78, 5) is 49.2. The highest BCUT2D eigenvalue weighted by Crippen LogP contribution is 2.19. The van der Waals surface area contributed by atoms with Crippen molar-refractivity contribution < 1.29 is 14.7 Å². The molecule has 9 heteroatoms. The number of aromatic carboxylic acids is 1. The van der Waals surface area contributed by atoms with Crippen molar-refractivity contribution in [2.24, 2.45) is 0 Å². The molecule has 1 amide bonds. The van der Waals surface area contributed by atoms with E-state index in [4.69, 9.17) is 16.7 Å². The fourth-order valence-electron chi connectivity index (χ4n) is 1.56. The highest BCUT2D eigenvalue weighted by atomic mass is 35.5. The average molecular weight is 310 g/mol. The lowest BCUT2D eigenvalue weighted by Gasteiger charge is -2.06. The molecule has 108 valence electrons. The predicted molar refractivity (Wildman–Crippen MR) is 74.0 cm³/mol. The van der Waals surface area contributed by atoms with Crippen LogP contribution in [0.3, 0.4) is 0 Å². The average Bonchev–Trinajstić information content (AvgIpc) is 2.37. The van der Waals surface area contributed by atoms with Gasteiger partial charge in [0.05, 0.1) is 5.56 Å². The Morgan fingerprint density at radius 1 is 1.19 bits per heavy atom. The van der Waals surface area contributed by atoms with E-state index in [0.717, 1.165) is 6.20 Å². The van der Waals surface area contributed by atoms with E-state index in [1.165, 1.54) is 18.2 Å². The fourth-order valence-corrected chi connectivity index (χ4v) is 1.80. The number of carboxylic acids is 1. The summed E-state index contributed by atoms with van der Waals surface area (Å²) in [6, 6.07) is 3.73. The van der Waals surface area contributed by atoms with E-state index in [1.54, 1.807) is 0 Å². The fraction of sp³-hybridized carbons (Fsp3) is 0. The zero-order chi connectivity index (χ0) is 15.6. The van der Waals surface area contributed by atoms with Crippen LogP contribution in [0.1, 0.15) is 20.7 Å². The summed E-state index contributed by atoms with van der Waals surface area (Å²) in [6.07, 6.45) is 0.957. The molecule has 0 aliphatic carbocycles. The normalized spacial score (nSPS) is 10.1. The number of carbonyl (C=O) groups excluding carboxylic acids is 1. The van der Waals surface area contributed by atoms with Crippen LogP contribution in [0.5, 0.6) is 0 Å². The van der Waals surface area contributed by atoms with Crippen molar-refractivity contribution in [3.63, 3.8) is 0 Å². The third kappa shape index (κ3) is 3.37. The Labute approximate surface area is 121 Å². The molecule has 2 aromatic rings. The van der Waals surface area contributed by atoms with Gasteiger partial charge in [0, 0.05) is 16.9 Å². The quantitative estimate of drug-likeness (QED) is 0.661. The number of nitrogens with one attached hydrogen (secondary N) is 3. The summed E-state index contributed by atoms with van der Waals surface area (Å²) in [5, 5.41) is 11.3. The topological polar surface area (TPSA) is 132 Å². The van der Waals surface area contributed by atoms with Crippen molar-refractivity contribution >= 4 is 29.2 Å². The summed E-state index contributed by atoms with van der Waals surface area (Å²) >= 11 is 5.75. The number of carboxylic acid groups (broad SMARTS) is 1. The zero-order valence-corrected chi connectivity index (χ0v) is 11.0. The molecule has 0 radical (unpaired) electrons. The van der Waals surface area contributed by atoms with Crippen LogP contribution in [-0.4, -0.2) is 27.0 Å². The second-order valence-electron chi connectivity index (χ2n) is 3.97. The number of rotatable bonds is 3. The van der Waals surface area contributed by atoms with Gasteiger partial charge in [0.2, 0.25) is 0 Å². The lowest BCUT2D eigenvalue weighted by Crippen LogP contribution is -2.29. The molecule has 0 saturated carbocycles. The van der Waals surface area contributed by atoms with Crippen molar-refractivity contribution in [3.05, 3.63) is 61.4 Å². The Balaban J connectivity index is 2.33. The van der Waals surface area contributed by atoms with Crippen molar-refractivity contribution in [3.8, 4) is 0 Å². The Kier molecular flexibility index (Phi) is 3.90. The van der Waals surface area contributed by atoms with E-state index in [-0.39, 0.29) is 21.8 Å². The summed E-state index contributed by atoms with van der Waals surface area (Å²) < 4.78 is 0. The molecule has 0 spiro atoms. The molecular weight excluding hydrogens is 302 g/mol. The molecule has 0 atom stereocenters. The minimum absolute atomic E-state index is 0.107. The molecule has 1 aromatic heterocycles. The van der Waals surface area contributed by atoms with Gasteiger partial charge in [0.1, 0.15) is 5.56 Å². The largest absolute Gasteiger partial charge is 0.478 e. The van der Waals surface area contributed by atoms with E-state index in [1.807, 2.05) is 4.98 Å². The number of aromatic amines is 2. The van der Waals surface area contributed by atoms with Gasteiger partial charge in [-0.1, -0.05) is 11.6 Å². The van der Waals surface area contributed by atoms with Crippen molar-refractivity contribution in [2.45, 2.75) is 0 Å². The first-order valence-corrected chi connectivity index (χ1v) is 5.92. The third-order valence-corrected chi connectivity index (χ3v) is 2.68. The molecule has 1 heterocycles. The maximum atomic E-state index is 11.9. The van der Waals surface area contributed by atoms with E-state index in [2.05, 4.69) is 10.3 Å². The van der Waals surface area contributed by atoms with Crippen molar-refractivity contribution in [1.29, 1.82) is 0 Å². The minimum Gasteiger partial charge on any atom is -0.478 e. The van der Waals surface area contributed by atoms with Gasteiger partial charge in [-0.15, -0.1) is 0 Å². The number of anilines is 1. The number of aromatic nitrogens is 2. The number of benzene rings is 1. The van der Waals surface area contributed by atoms with Crippen LogP contribution in [0.15, 0.2) is 34.0 Å². The third-order valence-electron chi connectivity index (χ3n) is 2.47. The van der Waals surface area contributed by atoms with E-state index < -0.39 is 23.1 Å². The SMILES string of the molecule is O=C(O)c1cc(Cl)cc(NC(=O)c2c[nH]c(=O)[nH]c2=O)c1. The molecule has 2 rings (SSSR count). The number of amides is 1. The molecule has 8 nitrogen and oxygen atoms in total. The predicted octanol–water partition coefficient (Wildman–Crippen LogP) is 0.667. The lowest BCUT2D eigenvalue weighted by atomic mass is 10.2. The first-order valence-electron chi connectivity index (χ1n) is 5.54. The Bertz CT molecular complexity index is 839. The van der Waals surface area contributed by atoms with E-state index >= 15 is 0 Å². The van der Waals surface area contributed by atoms with Crippen LogP contribution in [-0.2, 0) is 0 Å². The molecule has 0 unspecified atom stereocenters. The lowest BCUT2D eigenvalue weighted by molar-refractivity contribution is 0.0696. The van der Waals surface area contributed by atoms with Crippen molar-refractivity contribution in [2.75, 3.05) is 5.32 Å². The van der Waals surface area contributed by atoms with Crippen LogP contribution in [0.2, 0.25) is 5.02 Å². The number of H-pyrrole nitrogens is 2. The van der Waals surface area contributed by atoms with Gasteiger partial charge in [-0.3, -0.25) is 14.6 Å². The van der Waals surface area contributed by atoms with E-state index in [9.17, 15) is 19.2 Å². The molecule has 0 fully saturated rings. The Hall–Kier alpha value is -2.87. The smallest absolute Gasteiger partial charge is 0.335 e. The molecule has 4 N–H and O–H groups in total. The molecule has 0 bridgehead atoms. The van der Waals surface area contributed by atoms with Gasteiger partial charge in [0.25, 0.3) is 11.5 Å². The first kappa shape index (κ1) is 14.5. The summed E-state index contributed by atoms with van der Waals surface area (Å²) in [6.45, 7) is 0. The van der Waals surface area contributed by atoms with Gasteiger partial charge in [-0.05, 0) is 18.2 Å². The van der Waals surface area contributed by atoms with Gasteiger partial charge in [-0.2, -0.15) is 0 Å². The maximum absolute atomic E-state index is 11.9. The van der Waals surface area contributed by atoms with Crippen molar-refractivity contribution in [1.82, 2.24) is 9.97 Å². The Morgan fingerprint density at radius 2 is 1.90 bits per heavy atom. The molecule has 1 aromatic carbocycles. The van der Waals surface area contributed by atoms with Gasteiger partial charge >= 0.3 is 11.7 Å². The second kappa shape index (κ2) is 5.63. The summed E-state index contributed by atoms with van der Waals surface area (Å²) in [7, 11) is 0. The first-order chi connectivity index (χ1) is 9.86. The highest BCUT2D eigenvalue weighted by Gasteiger charge is 2.13. The monoisotopic (exact) mass is 309 g/mol. The number of hydrogen-bond donors (Lipinski definition) is 4. The number of hydrogen-bond acceptors (Lipinski definition) is 4. The maximum Gasteiger partial charge on any atom is 0.335 e. The number of halogens is 1. The summed E-state index contributed by atoms with van der Waals surface area (Å²) in [5.41, 5.74) is -1.95. The summed E-state index contributed by atoms with van der Waals surface area (Å²) in [5.74, 6) is -2.03. The second-order valence-corrected chi connectivity index (χ2v) is 4.41. The van der Waals surface area contributed by atoms with Crippen LogP contribution < -0.4 is 16.6 Å². The van der Waals surface area contributed by atoms with Gasteiger partial charge in [-0.25, -0.2) is 9.59 Å². The van der Waals surface area contributed by atoms with Gasteiger partial charge < -0.3 is 15.4 Å². The Morgan fingerprint density at radius 3 is 2.52 bits per heavy atom. The highest BCUT2D eigenvalue weighted by molar-refractivity contribution is 6.31. The van der Waals surface area contributed by atoms with Crippen LogP contribution >= 0.6 is 11.6 Å². The molecule has 0 saturated heterocycles. The van der Waals surface area contributed by atoms with Crippen LogP contribution in [0, 0.1) is 0 Å². The van der Waals surface area contributed by atoms with Gasteiger partial charge in [0.15, 0.2) is 0 Å².